The second-order valence-electron chi connectivity index (χ2n) is 6.83. The predicted octanol–water partition coefficient (Wildman–Crippen LogP) is 2.14. The van der Waals surface area contributed by atoms with Crippen molar-refractivity contribution in [2.45, 2.75) is 25.4 Å². The second-order valence-corrected chi connectivity index (χ2v) is 6.83. The van der Waals surface area contributed by atoms with Crippen molar-refractivity contribution < 1.29 is 9.53 Å². The maximum atomic E-state index is 12.7. The molecule has 4 rings (SSSR count). The number of aromatic nitrogens is 4. The summed E-state index contributed by atoms with van der Waals surface area (Å²) in [5, 5.41) is 5.21. The zero-order valence-electron chi connectivity index (χ0n) is 15.1. The van der Waals surface area contributed by atoms with Crippen molar-refractivity contribution in [3.8, 4) is 11.1 Å². The SMILES string of the molecule is COC1CCN(C(=O)Cc2c[nH]c3ncc(-c4cnn(C)c4)cc23)CC1. The van der Waals surface area contributed by atoms with Gasteiger partial charge >= 0.3 is 0 Å². The predicted molar refractivity (Wildman–Crippen MR) is 98.6 cm³/mol. The van der Waals surface area contributed by atoms with Crippen molar-refractivity contribution in [2.24, 2.45) is 7.05 Å². The van der Waals surface area contributed by atoms with Crippen LogP contribution in [0.3, 0.4) is 0 Å². The van der Waals surface area contributed by atoms with Crippen LogP contribution in [0.2, 0.25) is 0 Å². The fourth-order valence-electron chi connectivity index (χ4n) is 3.55. The van der Waals surface area contributed by atoms with E-state index in [0.29, 0.717) is 6.42 Å². The molecule has 4 heterocycles. The fourth-order valence-corrected chi connectivity index (χ4v) is 3.55. The fraction of sp³-hybridized carbons (Fsp3) is 0.421. The summed E-state index contributed by atoms with van der Waals surface area (Å²) < 4.78 is 7.15. The Morgan fingerprint density at radius 3 is 2.81 bits per heavy atom. The third kappa shape index (κ3) is 3.22. The van der Waals surface area contributed by atoms with Gasteiger partial charge in [-0.1, -0.05) is 0 Å². The van der Waals surface area contributed by atoms with Gasteiger partial charge in [0.1, 0.15) is 5.65 Å². The number of ether oxygens (including phenoxy) is 1. The molecule has 1 saturated heterocycles. The third-order valence-corrected chi connectivity index (χ3v) is 5.12. The van der Waals surface area contributed by atoms with Crippen LogP contribution in [0, 0.1) is 0 Å². The number of H-pyrrole nitrogens is 1. The van der Waals surface area contributed by atoms with Gasteiger partial charge in [-0.15, -0.1) is 0 Å². The number of piperidine rings is 1. The highest BCUT2D eigenvalue weighted by Gasteiger charge is 2.23. The average Bonchev–Trinajstić information content (AvgIpc) is 3.28. The molecule has 0 aromatic carbocycles. The first-order valence-corrected chi connectivity index (χ1v) is 8.89. The first-order valence-electron chi connectivity index (χ1n) is 8.89. The van der Waals surface area contributed by atoms with Crippen molar-refractivity contribution in [3.05, 3.63) is 36.4 Å². The molecule has 7 nitrogen and oxygen atoms in total. The maximum Gasteiger partial charge on any atom is 0.227 e. The van der Waals surface area contributed by atoms with Gasteiger partial charge in [-0.2, -0.15) is 5.10 Å². The Labute approximate surface area is 152 Å². The quantitative estimate of drug-likeness (QED) is 0.780. The number of fused-ring (bicyclic) bond motifs is 1. The Morgan fingerprint density at radius 2 is 2.12 bits per heavy atom. The van der Waals surface area contributed by atoms with Crippen LogP contribution in [-0.2, 0) is 23.0 Å². The van der Waals surface area contributed by atoms with Crippen molar-refractivity contribution in [3.63, 3.8) is 0 Å². The van der Waals surface area contributed by atoms with Gasteiger partial charge in [0.05, 0.1) is 18.7 Å². The lowest BCUT2D eigenvalue weighted by molar-refractivity contribution is -0.132. The lowest BCUT2D eigenvalue weighted by atomic mass is 10.0. The number of pyridine rings is 1. The normalized spacial score (nSPS) is 15.7. The van der Waals surface area contributed by atoms with Crippen molar-refractivity contribution in [1.82, 2.24) is 24.6 Å². The molecular weight excluding hydrogens is 330 g/mol. The van der Waals surface area contributed by atoms with Crippen LogP contribution in [-0.4, -0.2) is 56.9 Å². The number of hydrogen-bond donors (Lipinski definition) is 1. The first-order chi connectivity index (χ1) is 12.6. The average molecular weight is 353 g/mol. The Kier molecular flexibility index (Phi) is 4.46. The lowest BCUT2D eigenvalue weighted by Gasteiger charge is -2.31. The minimum Gasteiger partial charge on any atom is -0.381 e. The number of aromatic amines is 1. The molecular formula is C19H23N5O2. The first kappa shape index (κ1) is 16.8. The van der Waals surface area contributed by atoms with Gasteiger partial charge in [-0.3, -0.25) is 9.48 Å². The van der Waals surface area contributed by atoms with Crippen molar-refractivity contribution >= 4 is 16.9 Å². The molecule has 1 aliphatic rings. The summed E-state index contributed by atoms with van der Waals surface area (Å²) in [4.78, 5) is 22.3. The number of methoxy groups -OCH3 is 1. The summed E-state index contributed by atoms with van der Waals surface area (Å²) in [7, 11) is 3.63. The third-order valence-electron chi connectivity index (χ3n) is 5.12. The van der Waals surface area contributed by atoms with Gasteiger partial charge in [0.25, 0.3) is 0 Å². The molecule has 0 atom stereocenters. The smallest absolute Gasteiger partial charge is 0.227 e. The van der Waals surface area contributed by atoms with E-state index in [4.69, 9.17) is 4.74 Å². The monoisotopic (exact) mass is 353 g/mol. The van der Waals surface area contributed by atoms with Gasteiger partial charge < -0.3 is 14.6 Å². The van der Waals surface area contributed by atoms with Gasteiger partial charge in [-0.05, 0) is 24.5 Å². The van der Waals surface area contributed by atoms with Gasteiger partial charge in [0, 0.05) is 62.4 Å². The van der Waals surface area contributed by atoms with E-state index in [1.54, 1.807) is 11.8 Å². The van der Waals surface area contributed by atoms with Crippen molar-refractivity contribution in [2.75, 3.05) is 20.2 Å². The number of hydrogen-bond acceptors (Lipinski definition) is 4. The Hall–Kier alpha value is -2.67. The van der Waals surface area contributed by atoms with E-state index in [9.17, 15) is 4.79 Å². The molecule has 0 aliphatic carbocycles. The molecule has 0 spiro atoms. The number of aryl methyl sites for hydroxylation is 1. The van der Waals surface area contributed by atoms with E-state index in [-0.39, 0.29) is 12.0 Å². The number of rotatable bonds is 4. The van der Waals surface area contributed by atoms with Crippen molar-refractivity contribution in [1.29, 1.82) is 0 Å². The highest BCUT2D eigenvalue weighted by atomic mass is 16.5. The van der Waals surface area contributed by atoms with Crippen LogP contribution in [0.5, 0.6) is 0 Å². The topological polar surface area (TPSA) is 76.0 Å². The zero-order valence-corrected chi connectivity index (χ0v) is 15.1. The number of nitrogens with zero attached hydrogens (tertiary/aromatic N) is 4. The summed E-state index contributed by atoms with van der Waals surface area (Å²) in [6.45, 7) is 1.53. The number of nitrogens with one attached hydrogen (secondary N) is 1. The van der Waals surface area contributed by atoms with Gasteiger partial charge in [0.15, 0.2) is 0 Å². The van der Waals surface area contributed by atoms with Crippen LogP contribution >= 0.6 is 0 Å². The largest absolute Gasteiger partial charge is 0.381 e. The molecule has 3 aromatic heterocycles. The highest BCUT2D eigenvalue weighted by molar-refractivity contribution is 5.89. The van der Waals surface area contributed by atoms with E-state index in [0.717, 1.165) is 53.7 Å². The molecule has 136 valence electrons. The summed E-state index contributed by atoms with van der Waals surface area (Å²) in [5.41, 5.74) is 3.80. The lowest BCUT2D eigenvalue weighted by Crippen LogP contribution is -2.41. The van der Waals surface area contributed by atoms with E-state index in [2.05, 4.69) is 21.1 Å². The molecule has 1 N–H and O–H groups in total. The second kappa shape index (κ2) is 6.92. The number of likely N-dealkylation sites (tertiary alicyclic amines) is 1. The molecule has 0 radical (unpaired) electrons. The van der Waals surface area contributed by atoms with Gasteiger partial charge in [0.2, 0.25) is 5.91 Å². The summed E-state index contributed by atoms with van der Waals surface area (Å²) in [6.07, 6.45) is 9.97. The zero-order chi connectivity index (χ0) is 18.1. The summed E-state index contributed by atoms with van der Waals surface area (Å²) in [6, 6.07) is 2.08. The van der Waals surface area contributed by atoms with Gasteiger partial charge in [-0.25, -0.2) is 4.98 Å². The van der Waals surface area contributed by atoms with Crippen LogP contribution in [0.4, 0.5) is 0 Å². The molecule has 3 aromatic rings. The molecule has 1 aliphatic heterocycles. The minimum absolute atomic E-state index is 0.159. The Bertz CT molecular complexity index is 921. The van der Waals surface area contributed by atoms with Crippen LogP contribution in [0.25, 0.3) is 22.2 Å². The molecule has 26 heavy (non-hydrogen) atoms. The number of carbonyl (C=O) groups is 1. The minimum atomic E-state index is 0.159. The molecule has 0 bridgehead atoms. The molecule has 1 amide bonds. The molecule has 7 heteroatoms. The van der Waals surface area contributed by atoms with E-state index in [1.807, 2.05) is 36.7 Å². The standard InChI is InChI=1S/C19H23N5O2/c1-23-12-15(11-22-23)13-7-17-14(10-21-19(17)20-9-13)8-18(25)24-5-3-16(26-2)4-6-24/h7,9-12,16H,3-6,8H2,1-2H3,(H,20,21). The molecule has 0 unspecified atom stereocenters. The van der Waals surface area contributed by atoms with Crippen LogP contribution in [0.1, 0.15) is 18.4 Å². The highest BCUT2D eigenvalue weighted by Crippen LogP contribution is 2.25. The van der Waals surface area contributed by atoms with Crippen LogP contribution < -0.4 is 0 Å². The van der Waals surface area contributed by atoms with Crippen LogP contribution in [0.15, 0.2) is 30.9 Å². The Balaban J connectivity index is 1.54. The number of carbonyl (C=O) groups excluding carboxylic acids is 1. The Morgan fingerprint density at radius 1 is 1.31 bits per heavy atom. The summed E-state index contributed by atoms with van der Waals surface area (Å²) >= 11 is 0. The van der Waals surface area contributed by atoms with E-state index < -0.39 is 0 Å². The maximum absolute atomic E-state index is 12.7. The van der Waals surface area contributed by atoms with E-state index >= 15 is 0 Å². The number of amides is 1. The van der Waals surface area contributed by atoms with E-state index in [1.165, 1.54) is 0 Å². The summed E-state index contributed by atoms with van der Waals surface area (Å²) in [5.74, 6) is 0.159. The molecule has 0 saturated carbocycles. The molecule has 1 fully saturated rings.